The normalized spacial score (nSPS) is 13.1. The molecule has 25 heavy (non-hydrogen) atoms. The van der Waals surface area contributed by atoms with E-state index >= 15 is 0 Å². The number of imide groups is 1. The lowest BCUT2D eigenvalue weighted by Gasteiger charge is -2.13. The minimum Gasteiger partial charge on any atom is -0.325 e. The zero-order chi connectivity index (χ0) is 17.8. The van der Waals surface area contributed by atoms with Crippen LogP contribution in [-0.4, -0.2) is 40.7 Å². The van der Waals surface area contributed by atoms with Gasteiger partial charge in [-0.3, -0.25) is 19.3 Å². The highest BCUT2D eigenvalue weighted by Gasteiger charge is 2.34. The van der Waals surface area contributed by atoms with Crippen molar-refractivity contribution in [2.45, 2.75) is 0 Å². The van der Waals surface area contributed by atoms with Gasteiger partial charge in [0, 0.05) is 22.5 Å². The van der Waals surface area contributed by atoms with Gasteiger partial charge < -0.3 is 5.32 Å². The van der Waals surface area contributed by atoms with E-state index in [9.17, 15) is 14.4 Å². The van der Waals surface area contributed by atoms with Gasteiger partial charge in [-0.25, -0.2) is 0 Å². The largest absolute Gasteiger partial charge is 0.325 e. The molecule has 3 amide bonds. The number of hydrogen-bond donors (Lipinski definition) is 1. The number of hydrogen-bond acceptors (Lipinski definition) is 4. The fraction of sp³-hybridized carbons (Fsp3) is 0.167. The average Bonchev–Trinajstić information content (AvgIpc) is 2.86. The fourth-order valence-electron chi connectivity index (χ4n) is 2.49. The van der Waals surface area contributed by atoms with E-state index in [4.69, 9.17) is 0 Å². The molecule has 0 aromatic heterocycles. The lowest BCUT2D eigenvalue weighted by Crippen LogP contribution is -2.32. The van der Waals surface area contributed by atoms with Gasteiger partial charge in [-0.15, -0.1) is 0 Å². The van der Waals surface area contributed by atoms with Crippen LogP contribution in [0, 0.1) is 0 Å². The molecule has 2 aromatic carbocycles. The predicted molar refractivity (Wildman–Crippen MR) is 102 cm³/mol. The van der Waals surface area contributed by atoms with E-state index in [1.165, 1.54) is 16.7 Å². The predicted octanol–water partition coefficient (Wildman–Crippen LogP) is 3.42. The zero-order valence-corrected chi connectivity index (χ0v) is 15.6. The molecule has 1 heterocycles. The van der Waals surface area contributed by atoms with Crippen molar-refractivity contribution < 1.29 is 14.4 Å². The summed E-state index contributed by atoms with van der Waals surface area (Å²) in [6, 6.07) is 14.1. The third-order valence-electron chi connectivity index (χ3n) is 3.70. The molecule has 1 N–H and O–H groups in total. The molecule has 2 aromatic rings. The van der Waals surface area contributed by atoms with E-state index < -0.39 is 0 Å². The van der Waals surface area contributed by atoms with E-state index in [1.54, 1.807) is 24.3 Å². The Bertz CT molecular complexity index is 788. The van der Waals surface area contributed by atoms with Gasteiger partial charge in [0.1, 0.15) is 0 Å². The number of anilines is 1. The van der Waals surface area contributed by atoms with E-state index in [1.807, 2.05) is 24.3 Å². The minimum atomic E-state index is -0.263. The van der Waals surface area contributed by atoms with Crippen LogP contribution in [0.2, 0.25) is 0 Å². The van der Waals surface area contributed by atoms with Crippen molar-refractivity contribution in [3.8, 4) is 0 Å². The SMILES string of the molecule is O=C(CSCCN1C(=O)c2ccccc2C1=O)Nc1ccc(Br)cc1. The third-order valence-corrected chi connectivity index (χ3v) is 5.16. The number of nitrogens with one attached hydrogen (secondary N) is 1. The molecule has 0 radical (unpaired) electrons. The molecule has 5 nitrogen and oxygen atoms in total. The first-order valence-corrected chi connectivity index (χ1v) is 9.59. The molecular weight excluding hydrogens is 404 g/mol. The number of amides is 3. The molecule has 128 valence electrons. The van der Waals surface area contributed by atoms with Gasteiger partial charge in [-0.2, -0.15) is 11.8 Å². The molecule has 7 heteroatoms. The number of fused-ring (bicyclic) bond motifs is 1. The van der Waals surface area contributed by atoms with Crippen molar-refractivity contribution in [3.63, 3.8) is 0 Å². The number of benzene rings is 2. The van der Waals surface area contributed by atoms with Gasteiger partial charge in [0.25, 0.3) is 11.8 Å². The number of carbonyl (C=O) groups is 3. The second-order valence-corrected chi connectivity index (χ2v) is 7.44. The van der Waals surface area contributed by atoms with Gasteiger partial charge in [-0.1, -0.05) is 28.1 Å². The number of nitrogens with zero attached hydrogens (tertiary/aromatic N) is 1. The Labute approximate surface area is 157 Å². The van der Waals surface area contributed by atoms with Crippen LogP contribution in [0.1, 0.15) is 20.7 Å². The minimum absolute atomic E-state index is 0.116. The van der Waals surface area contributed by atoms with Crippen LogP contribution in [0.3, 0.4) is 0 Å². The van der Waals surface area contributed by atoms with Crippen molar-refractivity contribution >= 4 is 51.1 Å². The second kappa shape index (κ2) is 7.84. The van der Waals surface area contributed by atoms with Crippen LogP contribution in [0.4, 0.5) is 5.69 Å². The van der Waals surface area contributed by atoms with Gasteiger partial charge in [0.05, 0.1) is 16.9 Å². The first-order valence-electron chi connectivity index (χ1n) is 7.64. The molecule has 0 saturated carbocycles. The van der Waals surface area contributed by atoms with E-state index in [2.05, 4.69) is 21.2 Å². The van der Waals surface area contributed by atoms with Crippen LogP contribution in [0.25, 0.3) is 0 Å². The fourth-order valence-corrected chi connectivity index (χ4v) is 3.47. The van der Waals surface area contributed by atoms with Crippen molar-refractivity contribution in [3.05, 3.63) is 64.1 Å². The lowest BCUT2D eigenvalue weighted by molar-refractivity contribution is -0.113. The summed E-state index contributed by atoms with van der Waals surface area (Å²) in [6.07, 6.45) is 0. The number of carbonyl (C=O) groups excluding carboxylic acids is 3. The number of thioether (sulfide) groups is 1. The first kappa shape index (κ1) is 17.7. The van der Waals surface area contributed by atoms with Crippen molar-refractivity contribution in [2.24, 2.45) is 0 Å². The average molecular weight is 419 g/mol. The Morgan fingerprint density at radius 2 is 1.60 bits per heavy atom. The summed E-state index contributed by atoms with van der Waals surface area (Å²) in [4.78, 5) is 37.6. The van der Waals surface area contributed by atoms with Crippen LogP contribution in [0.5, 0.6) is 0 Å². The van der Waals surface area contributed by atoms with Crippen LogP contribution >= 0.6 is 27.7 Å². The molecular formula is C18H15BrN2O3S. The Kier molecular flexibility index (Phi) is 5.55. The monoisotopic (exact) mass is 418 g/mol. The molecule has 0 aliphatic carbocycles. The molecule has 0 bridgehead atoms. The quantitative estimate of drug-likeness (QED) is 0.576. The summed E-state index contributed by atoms with van der Waals surface area (Å²) in [7, 11) is 0. The molecule has 0 atom stereocenters. The zero-order valence-electron chi connectivity index (χ0n) is 13.2. The molecule has 1 aliphatic rings. The van der Waals surface area contributed by atoms with Crippen molar-refractivity contribution in [2.75, 3.05) is 23.4 Å². The lowest BCUT2D eigenvalue weighted by atomic mass is 10.1. The Balaban J connectivity index is 1.45. The Morgan fingerprint density at radius 3 is 2.20 bits per heavy atom. The smallest absolute Gasteiger partial charge is 0.261 e. The standard InChI is InChI=1S/C18H15BrN2O3S/c19-12-5-7-13(8-6-12)20-16(22)11-25-10-9-21-17(23)14-3-1-2-4-15(14)18(21)24/h1-8H,9-11H2,(H,20,22). The summed E-state index contributed by atoms with van der Waals surface area (Å²) in [6.45, 7) is 0.294. The third kappa shape index (κ3) is 4.11. The maximum Gasteiger partial charge on any atom is 0.261 e. The highest BCUT2D eigenvalue weighted by Crippen LogP contribution is 2.22. The maximum atomic E-state index is 12.2. The summed E-state index contributed by atoms with van der Waals surface area (Å²) in [5.74, 6) is 0.133. The summed E-state index contributed by atoms with van der Waals surface area (Å²) >= 11 is 4.73. The first-order chi connectivity index (χ1) is 12.1. The molecule has 0 saturated heterocycles. The second-order valence-electron chi connectivity index (χ2n) is 5.42. The topological polar surface area (TPSA) is 66.5 Å². The number of halogens is 1. The van der Waals surface area contributed by atoms with E-state index in [0.29, 0.717) is 23.4 Å². The van der Waals surface area contributed by atoms with Crippen molar-refractivity contribution in [1.82, 2.24) is 4.90 Å². The van der Waals surface area contributed by atoms with Crippen LogP contribution in [0.15, 0.2) is 53.0 Å². The Morgan fingerprint density at radius 1 is 1.00 bits per heavy atom. The van der Waals surface area contributed by atoms with Gasteiger partial charge in [0.15, 0.2) is 0 Å². The van der Waals surface area contributed by atoms with Crippen LogP contribution in [-0.2, 0) is 4.79 Å². The Hall–Kier alpha value is -2.12. The highest BCUT2D eigenvalue weighted by molar-refractivity contribution is 9.10. The van der Waals surface area contributed by atoms with Gasteiger partial charge in [0.2, 0.25) is 5.91 Å². The molecule has 0 unspecified atom stereocenters. The van der Waals surface area contributed by atoms with E-state index in [-0.39, 0.29) is 23.5 Å². The van der Waals surface area contributed by atoms with Gasteiger partial charge >= 0.3 is 0 Å². The molecule has 0 fully saturated rings. The molecule has 3 rings (SSSR count). The molecule has 0 spiro atoms. The molecule has 1 aliphatic heterocycles. The van der Waals surface area contributed by atoms with Crippen LogP contribution < -0.4 is 5.32 Å². The number of rotatable bonds is 6. The van der Waals surface area contributed by atoms with Gasteiger partial charge in [-0.05, 0) is 36.4 Å². The van der Waals surface area contributed by atoms with E-state index in [0.717, 1.165) is 10.2 Å². The summed E-state index contributed by atoms with van der Waals surface area (Å²) in [5, 5.41) is 2.80. The highest BCUT2D eigenvalue weighted by atomic mass is 79.9. The maximum absolute atomic E-state index is 12.2. The summed E-state index contributed by atoms with van der Waals surface area (Å²) < 4.78 is 0.945. The van der Waals surface area contributed by atoms with Crippen molar-refractivity contribution in [1.29, 1.82) is 0 Å². The summed E-state index contributed by atoms with van der Waals surface area (Å²) in [5.41, 5.74) is 1.63.